The maximum Gasteiger partial charge on any atom is 0.147 e. The first-order valence-electron chi connectivity index (χ1n) is 3.47. The van der Waals surface area contributed by atoms with Crippen LogP contribution in [0.3, 0.4) is 0 Å². The molecule has 0 bridgehead atoms. The number of rotatable bonds is 2. The van der Waals surface area contributed by atoms with Crippen LogP contribution >= 0.6 is 0 Å². The van der Waals surface area contributed by atoms with E-state index in [0.29, 0.717) is 6.42 Å². The number of nitrogens with zero attached hydrogens (tertiary/aromatic N) is 1. The summed E-state index contributed by atoms with van der Waals surface area (Å²) in [5.41, 5.74) is 0.0166. The Balaban J connectivity index is 2.90. The minimum atomic E-state index is -0.634. The Morgan fingerprint density at radius 3 is 2.42 bits per heavy atom. The minimum absolute atomic E-state index is 0.0166. The van der Waals surface area contributed by atoms with E-state index in [1.54, 1.807) is 0 Å². The third-order valence-electron chi connectivity index (χ3n) is 1.47. The van der Waals surface area contributed by atoms with Gasteiger partial charge >= 0.3 is 0 Å². The van der Waals surface area contributed by atoms with Gasteiger partial charge in [-0.2, -0.15) is 0 Å². The predicted octanol–water partition coefficient (Wildman–Crippen LogP) is 1.93. The largest absolute Gasteiger partial charge is 0.259 e. The molecular weight excluding hydrogens is 160 g/mol. The SMILES string of the molecule is C#CCCc1c(F)cncc1F. The van der Waals surface area contributed by atoms with Crippen molar-refractivity contribution in [1.29, 1.82) is 0 Å². The van der Waals surface area contributed by atoms with Gasteiger partial charge in [-0.1, -0.05) is 0 Å². The zero-order valence-electron chi connectivity index (χ0n) is 6.35. The van der Waals surface area contributed by atoms with Gasteiger partial charge in [0.2, 0.25) is 0 Å². The fraction of sp³-hybridized carbons (Fsp3) is 0.222. The lowest BCUT2D eigenvalue weighted by molar-refractivity contribution is 0.546. The van der Waals surface area contributed by atoms with Gasteiger partial charge in [-0.3, -0.25) is 4.98 Å². The summed E-state index contributed by atoms with van der Waals surface area (Å²) >= 11 is 0. The summed E-state index contributed by atoms with van der Waals surface area (Å²) < 4.78 is 25.6. The summed E-state index contributed by atoms with van der Waals surface area (Å²) in [6.07, 6.45) is 7.48. The summed E-state index contributed by atoms with van der Waals surface area (Å²) in [6.45, 7) is 0. The molecule has 0 aromatic carbocycles. The highest BCUT2D eigenvalue weighted by molar-refractivity contribution is 5.16. The van der Waals surface area contributed by atoms with E-state index in [4.69, 9.17) is 6.42 Å². The Bertz CT molecular complexity index is 295. The molecule has 1 nitrogen and oxygen atoms in total. The standard InChI is InChI=1S/C9H7F2N/c1-2-3-4-7-8(10)5-12-6-9(7)11/h1,5-6H,3-4H2. The maximum atomic E-state index is 12.8. The molecule has 0 aliphatic heterocycles. The Kier molecular flexibility index (Phi) is 2.76. The van der Waals surface area contributed by atoms with Crippen molar-refractivity contribution in [2.45, 2.75) is 12.8 Å². The fourth-order valence-corrected chi connectivity index (χ4v) is 0.874. The average molecular weight is 167 g/mol. The second-order valence-electron chi connectivity index (χ2n) is 2.29. The third-order valence-corrected chi connectivity index (χ3v) is 1.47. The van der Waals surface area contributed by atoms with Gasteiger partial charge in [0.05, 0.1) is 12.4 Å². The molecule has 1 aromatic heterocycles. The van der Waals surface area contributed by atoms with Crippen LogP contribution in [-0.4, -0.2) is 4.98 Å². The summed E-state index contributed by atoms with van der Waals surface area (Å²) in [5, 5.41) is 0. The van der Waals surface area contributed by atoms with Gasteiger partial charge in [0.1, 0.15) is 11.6 Å². The molecule has 0 saturated carbocycles. The Hall–Kier alpha value is -1.43. The molecule has 0 N–H and O–H groups in total. The smallest absolute Gasteiger partial charge is 0.147 e. The highest BCUT2D eigenvalue weighted by Gasteiger charge is 2.07. The molecule has 1 aromatic rings. The lowest BCUT2D eigenvalue weighted by Gasteiger charge is -2.00. The van der Waals surface area contributed by atoms with Crippen molar-refractivity contribution in [3.63, 3.8) is 0 Å². The van der Waals surface area contributed by atoms with Gasteiger partial charge in [-0.15, -0.1) is 12.3 Å². The lowest BCUT2D eigenvalue weighted by atomic mass is 10.1. The van der Waals surface area contributed by atoms with Crippen LogP contribution in [0.15, 0.2) is 12.4 Å². The quantitative estimate of drug-likeness (QED) is 0.613. The predicted molar refractivity (Wildman–Crippen MR) is 41.3 cm³/mol. The van der Waals surface area contributed by atoms with Crippen LogP contribution in [-0.2, 0) is 6.42 Å². The van der Waals surface area contributed by atoms with E-state index in [2.05, 4.69) is 10.9 Å². The van der Waals surface area contributed by atoms with Crippen LogP contribution in [0.25, 0.3) is 0 Å². The van der Waals surface area contributed by atoms with E-state index in [1.807, 2.05) is 0 Å². The van der Waals surface area contributed by atoms with E-state index in [1.165, 1.54) is 0 Å². The zero-order valence-corrected chi connectivity index (χ0v) is 6.35. The highest BCUT2D eigenvalue weighted by atomic mass is 19.1. The summed E-state index contributed by atoms with van der Waals surface area (Å²) in [7, 11) is 0. The average Bonchev–Trinajstić information content (AvgIpc) is 2.04. The molecule has 3 heteroatoms. The van der Waals surface area contributed by atoms with Crippen LogP contribution in [0.2, 0.25) is 0 Å². The molecule has 0 unspecified atom stereocenters. The number of halogens is 2. The molecule has 62 valence electrons. The van der Waals surface area contributed by atoms with Crippen LogP contribution in [0.5, 0.6) is 0 Å². The second-order valence-corrected chi connectivity index (χ2v) is 2.29. The molecule has 0 aliphatic carbocycles. The molecule has 0 atom stereocenters. The van der Waals surface area contributed by atoms with Crippen LogP contribution in [0.1, 0.15) is 12.0 Å². The first-order chi connectivity index (χ1) is 5.75. The molecule has 0 spiro atoms. The van der Waals surface area contributed by atoms with E-state index in [0.717, 1.165) is 12.4 Å². The van der Waals surface area contributed by atoms with Crippen molar-refractivity contribution in [2.75, 3.05) is 0 Å². The third kappa shape index (κ3) is 1.79. The van der Waals surface area contributed by atoms with Crippen molar-refractivity contribution in [2.24, 2.45) is 0 Å². The Labute approximate surface area is 69.4 Å². The number of hydrogen-bond acceptors (Lipinski definition) is 1. The molecule has 0 aliphatic rings. The monoisotopic (exact) mass is 167 g/mol. The van der Waals surface area contributed by atoms with Crippen molar-refractivity contribution in [3.8, 4) is 12.3 Å². The van der Waals surface area contributed by atoms with Gasteiger partial charge < -0.3 is 0 Å². The number of hydrogen-bond donors (Lipinski definition) is 0. The van der Waals surface area contributed by atoms with E-state index < -0.39 is 11.6 Å². The number of terminal acetylenes is 1. The molecule has 12 heavy (non-hydrogen) atoms. The second kappa shape index (κ2) is 3.82. The lowest BCUT2D eigenvalue weighted by Crippen LogP contribution is -1.96. The van der Waals surface area contributed by atoms with E-state index >= 15 is 0 Å². The minimum Gasteiger partial charge on any atom is -0.259 e. The van der Waals surface area contributed by atoms with Gasteiger partial charge in [-0.25, -0.2) is 8.78 Å². The first-order valence-corrected chi connectivity index (χ1v) is 3.47. The normalized spacial score (nSPS) is 9.42. The van der Waals surface area contributed by atoms with Crippen molar-refractivity contribution >= 4 is 0 Å². The number of aromatic nitrogens is 1. The molecule has 0 radical (unpaired) electrons. The first kappa shape index (κ1) is 8.66. The van der Waals surface area contributed by atoms with Gasteiger partial charge in [0.15, 0.2) is 0 Å². The molecule has 0 amide bonds. The van der Waals surface area contributed by atoms with Crippen molar-refractivity contribution in [1.82, 2.24) is 4.98 Å². The van der Waals surface area contributed by atoms with Crippen LogP contribution in [0, 0.1) is 24.0 Å². The zero-order chi connectivity index (χ0) is 8.97. The summed E-state index contributed by atoms with van der Waals surface area (Å²) in [4.78, 5) is 3.35. The van der Waals surface area contributed by atoms with E-state index in [-0.39, 0.29) is 12.0 Å². The molecule has 0 fully saturated rings. The van der Waals surface area contributed by atoms with Gasteiger partial charge in [0.25, 0.3) is 0 Å². The van der Waals surface area contributed by atoms with Gasteiger partial charge in [0, 0.05) is 12.0 Å². The topological polar surface area (TPSA) is 12.9 Å². The molecule has 0 saturated heterocycles. The molecular formula is C9H7F2N. The van der Waals surface area contributed by atoms with Gasteiger partial charge in [-0.05, 0) is 6.42 Å². The number of pyridine rings is 1. The fourth-order valence-electron chi connectivity index (χ4n) is 0.874. The highest BCUT2D eigenvalue weighted by Crippen LogP contribution is 2.11. The Morgan fingerprint density at radius 2 is 1.92 bits per heavy atom. The van der Waals surface area contributed by atoms with E-state index in [9.17, 15) is 8.78 Å². The summed E-state index contributed by atoms with van der Waals surface area (Å²) in [6, 6.07) is 0. The van der Waals surface area contributed by atoms with Crippen molar-refractivity contribution < 1.29 is 8.78 Å². The van der Waals surface area contributed by atoms with Crippen LogP contribution in [0.4, 0.5) is 8.78 Å². The molecule has 1 heterocycles. The Morgan fingerprint density at radius 1 is 1.33 bits per heavy atom. The maximum absolute atomic E-state index is 12.8. The summed E-state index contributed by atoms with van der Waals surface area (Å²) in [5.74, 6) is 1.05. The van der Waals surface area contributed by atoms with Crippen LogP contribution < -0.4 is 0 Å². The molecule has 1 rings (SSSR count). The van der Waals surface area contributed by atoms with Crippen molar-refractivity contribution in [3.05, 3.63) is 29.6 Å².